The van der Waals surface area contributed by atoms with Crippen LogP contribution in [0.1, 0.15) is 31.7 Å². The zero-order valence-electron chi connectivity index (χ0n) is 14.9. The molecule has 2 heterocycles. The molecule has 1 aliphatic rings. The molecule has 1 atom stereocenters. The van der Waals surface area contributed by atoms with E-state index >= 15 is 0 Å². The Bertz CT molecular complexity index is 661. The number of nitrogens with one attached hydrogen (secondary N) is 2. The molecule has 1 aliphatic heterocycles. The van der Waals surface area contributed by atoms with Gasteiger partial charge in [-0.1, -0.05) is 26.0 Å². The summed E-state index contributed by atoms with van der Waals surface area (Å²) in [6, 6.07) is 8.17. The number of rotatable bonds is 6. The summed E-state index contributed by atoms with van der Waals surface area (Å²) in [7, 11) is 0. The number of H-pyrrole nitrogens is 1. The molecule has 1 saturated heterocycles. The summed E-state index contributed by atoms with van der Waals surface area (Å²) < 4.78 is 0. The Labute approximate surface area is 148 Å². The number of carbonyl (C=O) groups excluding carboxylic acids is 1. The second-order valence-corrected chi connectivity index (χ2v) is 6.55. The van der Waals surface area contributed by atoms with E-state index in [1.165, 1.54) is 11.9 Å². The minimum Gasteiger partial charge on any atom is -0.339 e. The average molecular weight is 342 g/mol. The van der Waals surface area contributed by atoms with Crippen LogP contribution in [0.25, 0.3) is 0 Å². The lowest BCUT2D eigenvalue weighted by atomic mass is 9.99. The summed E-state index contributed by atoms with van der Waals surface area (Å²) >= 11 is 0. The lowest BCUT2D eigenvalue weighted by Gasteiger charge is -2.33. The van der Waals surface area contributed by atoms with E-state index in [0.717, 1.165) is 44.2 Å². The lowest BCUT2D eigenvalue weighted by Crippen LogP contribution is -2.49. The third kappa shape index (κ3) is 4.57. The van der Waals surface area contributed by atoms with Crippen LogP contribution in [0.4, 0.5) is 11.6 Å². The lowest BCUT2D eigenvalue weighted by molar-refractivity contribution is -0.117. The van der Waals surface area contributed by atoms with Crippen LogP contribution in [0.2, 0.25) is 0 Å². The Morgan fingerprint density at radius 3 is 2.56 bits per heavy atom. The molecule has 0 spiro atoms. The molecule has 7 nitrogen and oxygen atoms in total. The van der Waals surface area contributed by atoms with E-state index in [1.54, 1.807) is 0 Å². The molecular weight excluding hydrogens is 316 g/mol. The second-order valence-electron chi connectivity index (χ2n) is 6.55. The number of hydrogen-bond donors (Lipinski definition) is 2. The van der Waals surface area contributed by atoms with Gasteiger partial charge in [-0.2, -0.15) is 10.1 Å². The molecule has 7 heteroatoms. The van der Waals surface area contributed by atoms with E-state index in [1.807, 2.05) is 12.1 Å². The first-order valence-corrected chi connectivity index (χ1v) is 8.88. The third-order valence-corrected chi connectivity index (χ3v) is 4.82. The number of nitrogens with zero attached hydrogens (tertiary/aromatic N) is 4. The van der Waals surface area contributed by atoms with Crippen LogP contribution in [0.15, 0.2) is 30.6 Å². The Morgan fingerprint density at radius 1 is 1.24 bits per heavy atom. The van der Waals surface area contributed by atoms with Crippen LogP contribution in [0, 0.1) is 0 Å². The minimum atomic E-state index is 0.0319. The zero-order valence-corrected chi connectivity index (χ0v) is 14.9. The van der Waals surface area contributed by atoms with Gasteiger partial charge in [0.15, 0.2) is 0 Å². The molecule has 0 aliphatic carbocycles. The smallest absolute Gasteiger partial charge is 0.238 e. The zero-order chi connectivity index (χ0) is 17.6. The van der Waals surface area contributed by atoms with Gasteiger partial charge in [-0.25, -0.2) is 5.10 Å². The van der Waals surface area contributed by atoms with Crippen molar-refractivity contribution in [1.29, 1.82) is 0 Å². The van der Waals surface area contributed by atoms with Crippen molar-refractivity contribution in [2.75, 3.05) is 42.9 Å². The highest BCUT2D eigenvalue weighted by atomic mass is 16.2. The number of carbonyl (C=O) groups is 1. The van der Waals surface area contributed by atoms with E-state index in [-0.39, 0.29) is 5.91 Å². The molecule has 2 aromatic rings. The van der Waals surface area contributed by atoms with E-state index in [9.17, 15) is 4.79 Å². The van der Waals surface area contributed by atoms with Gasteiger partial charge in [-0.05, 0) is 30.0 Å². The van der Waals surface area contributed by atoms with Gasteiger partial charge in [-0.15, -0.1) is 0 Å². The van der Waals surface area contributed by atoms with Crippen LogP contribution >= 0.6 is 0 Å². The Morgan fingerprint density at radius 2 is 1.96 bits per heavy atom. The van der Waals surface area contributed by atoms with Crippen LogP contribution in [0.3, 0.4) is 0 Å². The van der Waals surface area contributed by atoms with E-state index in [2.05, 4.69) is 56.3 Å². The van der Waals surface area contributed by atoms with Crippen molar-refractivity contribution in [3.8, 4) is 0 Å². The molecule has 25 heavy (non-hydrogen) atoms. The van der Waals surface area contributed by atoms with Crippen LogP contribution in [-0.4, -0.2) is 58.7 Å². The standard InChI is InChI=1S/C18H26N6O/c1-3-14(2)15-4-6-16(7-5-15)21-17(25)12-23-8-10-24(11-9-23)18-19-13-20-22-18/h4-7,13-14H,3,8-12H2,1-2H3,(H,21,25)(H,19,20,22). The average Bonchev–Trinajstić information content (AvgIpc) is 3.17. The molecule has 134 valence electrons. The minimum absolute atomic E-state index is 0.0319. The molecule has 1 fully saturated rings. The van der Waals surface area contributed by atoms with Crippen LogP contribution in [0.5, 0.6) is 0 Å². The topological polar surface area (TPSA) is 77.2 Å². The predicted octanol–water partition coefficient (Wildman–Crippen LogP) is 2.08. The maximum atomic E-state index is 12.3. The fourth-order valence-electron chi connectivity index (χ4n) is 3.00. The summed E-state index contributed by atoms with van der Waals surface area (Å²) in [6.07, 6.45) is 2.63. The van der Waals surface area contributed by atoms with Crippen molar-refractivity contribution in [2.45, 2.75) is 26.2 Å². The van der Waals surface area contributed by atoms with Gasteiger partial charge in [0, 0.05) is 31.9 Å². The van der Waals surface area contributed by atoms with Gasteiger partial charge in [0.25, 0.3) is 0 Å². The number of anilines is 2. The molecule has 3 rings (SSSR count). The first kappa shape index (κ1) is 17.4. The van der Waals surface area contributed by atoms with Gasteiger partial charge >= 0.3 is 0 Å². The van der Waals surface area contributed by atoms with Gasteiger partial charge < -0.3 is 10.2 Å². The predicted molar refractivity (Wildman–Crippen MR) is 98.8 cm³/mol. The van der Waals surface area contributed by atoms with E-state index in [0.29, 0.717) is 12.5 Å². The highest BCUT2D eigenvalue weighted by Gasteiger charge is 2.20. The molecular formula is C18H26N6O. The second kappa shape index (κ2) is 8.11. The molecule has 0 saturated carbocycles. The van der Waals surface area contributed by atoms with Crippen molar-refractivity contribution < 1.29 is 4.79 Å². The molecule has 0 bridgehead atoms. The number of aromatic nitrogens is 3. The molecule has 1 aromatic carbocycles. The number of benzene rings is 1. The Balaban J connectivity index is 1.45. The van der Waals surface area contributed by atoms with Crippen molar-refractivity contribution in [2.24, 2.45) is 0 Å². The SMILES string of the molecule is CCC(C)c1ccc(NC(=O)CN2CCN(c3ncn[nH]3)CC2)cc1. The largest absolute Gasteiger partial charge is 0.339 e. The molecule has 2 N–H and O–H groups in total. The highest BCUT2D eigenvalue weighted by molar-refractivity contribution is 5.92. The third-order valence-electron chi connectivity index (χ3n) is 4.82. The quantitative estimate of drug-likeness (QED) is 0.840. The normalized spacial score (nSPS) is 16.6. The summed E-state index contributed by atoms with van der Waals surface area (Å²) in [5.74, 6) is 1.38. The number of piperazine rings is 1. The summed E-state index contributed by atoms with van der Waals surface area (Å²) in [6.45, 7) is 8.16. The molecule has 0 radical (unpaired) electrons. The first-order chi connectivity index (χ1) is 12.2. The van der Waals surface area contributed by atoms with Crippen LogP contribution in [-0.2, 0) is 4.79 Å². The van der Waals surface area contributed by atoms with E-state index in [4.69, 9.17) is 0 Å². The summed E-state index contributed by atoms with van der Waals surface area (Å²) in [4.78, 5) is 20.7. The number of aromatic amines is 1. The summed E-state index contributed by atoms with van der Waals surface area (Å²) in [5.41, 5.74) is 2.17. The number of amides is 1. The Hall–Kier alpha value is -2.41. The van der Waals surface area contributed by atoms with E-state index < -0.39 is 0 Å². The fourth-order valence-corrected chi connectivity index (χ4v) is 3.00. The molecule has 1 amide bonds. The maximum Gasteiger partial charge on any atom is 0.238 e. The molecule has 1 aromatic heterocycles. The Kier molecular flexibility index (Phi) is 5.65. The maximum absolute atomic E-state index is 12.3. The van der Waals surface area contributed by atoms with Gasteiger partial charge in [0.1, 0.15) is 6.33 Å². The van der Waals surface area contributed by atoms with Gasteiger partial charge in [0.05, 0.1) is 6.54 Å². The highest BCUT2D eigenvalue weighted by Crippen LogP contribution is 2.20. The van der Waals surface area contributed by atoms with Crippen LogP contribution < -0.4 is 10.2 Å². The summed E-state index contributed by atoms with van der Waals surface area (Å²) in [5, 5.41) is 9.75. The van der Waals surface area contributed by atoms with Crippen molar-refractivity contribution in [3.05, 3.63) is 36.2 Å². The first-order valence-electron chi connectivity index (χ1n) is 8.88. The van der Waals surface area contributed by atoms with Crippen molar-refractivity contribution in [1.82, 2.24) is 20.1 Å². The monoisotopic (exact) mass is 342 g/mol. The van der Waals surface area contributed by atoms with Crippen molar-refractivity contribution >= 4 is 17.5 Å². The fraction of sp³-hybridized carbons (Fsp3) is 0.500. The molecule has 1 unspecified atom stereocenters. The van der Waals surface area contributed by atoms with Gasteiger partial charge in [0.2, 0.25) is 11.9 Å². The number of hydrogen-bond acceptors (Lipinski definition) is 5. The van der Waals surface area contributed by atoms with Crippen molar-refractivity contribution in [3.63, 3.8) is 0 Å². The van der Waals surface area contributed by atoms with Gasteiger partial charge in [-0.3, -0.25) is 9.69 Å².